The minimum absolute atomic E-state index is 0.0290. The quantitative estimate of drug-likeness (QED) is 0.672. The smallest absolute Gasteiger partial charge is 0.251 e. The van der Waals surface area contributed by atoms with Gasteiger partial charge >= 0.3 is 0 Å². The maximum Gasteiger partial charge on any atom is 0.251 e. The molecular weight excluding hydrogens is 218 g/mol. The number of rotatable bonds is 0. The third-order valence-corrected chi connectivity index (χ3v) is 2.80. The first kappa shape index (κ1) is 7.80. The van der Waals surface area contributed by atoms with Gasteiger partial charge in [0.15, 0.2) is 0 Å². The number of alkyl halides is 1. The normalized spacial score (nSPS) is 21.4. The van der Waals surface area contributed by atoms with Crippen molar-refractivity contribution in [3.05, 3.63) is 35.4 Å². The fraction of sp³-hybridized carbons (Fsp3) is 0.222. The standard InChI is InChI=1S/C9H8BrNO/c10-8-5-11-9(12)7-4-2-1-3-6(7)8/h1-4,8H,5H2,(H,11,12)/t8-/m1/s1. The molecule has 3 heteroatoms. The molecule has 0 aliphatic carbocycles. The summed E-state index contributed by atoms with van der Waals surface area (Å²) in [6, 6.07) is 7.65. The number of amides is 1. The van der Waals surface area contributed by atoms with Crippen LogP contribution in [0, 0.1) is 0 Å². The zero-order chi connectivity index (χ0) is 8.55. The summed E-state index contributed by atoms with van der Waals surface area (Å²) in [4.78, 5) is 11.6. The number of carbonyl (C=O) groups excluding carboxylic acids is 1. The summed E-state index contributed by atoms with van der Waals surface area (Å²) in [7, 11) is 0. The molecule has 0 aromatic heterocycles. The maximum atomic E-state index is 11.3. The average Bonchev–Trinajstić information content (AvgIpc) is 2.12. The van der Waals surface area contributed by atoms with Crippen molar-refractivity contribution >= 4 is 21.8 Å². The second kappa shape index (κ2) is 2.90. The number of halogens is 1. The van der Waals surface area contributed by atoms with E-state index in [9.17, 15) is 4.79 Å². The molecule has 2 rings (SSSR count). The van der Waals surface area contributed by atoms with Crippen LogP contribution in [0.1, 0.15) is 20.7 Å². The van der Waals surface area contributed by atoms with Crippen LogP contribution in [0.2, 0.25) is 0 Å². The van der Waals surface area contributed by atoms with Crippen LogP contribution in [0.25, 0.3) is 0 Å². The largest absolute Gasteiger partial charge is 0.351 e. The molecule has 0 saturated heterocycles. The summed E-state index contributed by atoms with van der Waals surface area (Å²) in [6.07, 6.45) is 0. The van der Waals surface area contributed by atoms with Crippen LogP contribution < -0.4 is 5.32 Å². The highest BCUT2D eigenvalue weighted by molar-refractivity contribution is 9.09. The Morgan fingerprint density at radius 3 is 2.92 bits per heavy atom. The number of hydrogen-bond acceptors (Lipinski definition) is 1. The van der Waals surface area contributed by atoms with Crippen LogP contribution >= 0.6 is 15.9 Å². The molecular formula is C9H8BrNO. The molecule has 0 bridgehead atoms. The van der Waals surface area contributed by atoms with Crippen LogP contribution in [-0.4, -0.2) is 12.5 Å². The molecule has 0 unspecified atom stereocenters. The van der Waals surface area contributed by atoms with Crippen LogP contribution in [0.4, 0.5) is 0 Å². The molecule has 2 nitrogen and oxygen atoms in total. The summed E-state index contributed by atoms with van der Waals surface area (Å²) in [5.41, 5.74) is 1.87. The van der Waals surface area contributed by atoms with Crippen molar-refractivity contribution in [2.24, 2.45) is 0 Å². The van der Waals surface area contributed by atoms with E-state index in [1.54, 1.807) is 0 Å². The van der Waals surface area contributed by atoms with E-state index in [2.05, 4.69) is 21.2 Å². The topological polar surface area (TPSA) is 29.1 Å². The highest BCUT2D eigenvalue weighted by atomic mass is 79.9. The molecule has 1 atom stereocenters. The molecule has 1 amide bonds. The van der Waals surface area contributed by atoms with Gasteiger partial charge in [-0.15, -0.1) is 0 Å². The van der Waals surface area contributed by atoms with Gasteiger partial charge in [0.1, 0.15) is 0 Å². The molecule has 0 spiro atoms. The highest BCUT2D eigenvalue weighted by Gasteiger charge is 2.21. The molecule has 1 heterocycles. The molecule has 1 N–H and O–H groups in total. The monoisotopic (exact) mass is 225 g/mol. The minimum atomic E-state index is 0.0290. The summed E-state index contributed by atoms with van der Waals surface area (Å²) in [5, 5.41) is 2.80. The molecule has 0 radical (unpaired) electrons. The number of nitrogens with one attached hydrogen (secondary N) is 1. The molecule has 0 saturated carbocycles. The van der Waals surface area contributed by atoms with Gasteiger partial charge in [0, 0.05) is 12.1 Å². The third-order valence-electron chi connectivity index (χ3n) is 1.98. The summed E-state index contributed by atoms with van der Waals surface area (Å²) < 4.78 is 0. The summed E-state index contributed by atoms with van der Waals surface area (Å²) in [5.74, 6) is 0.0290. The summed E-state index contributed by atoms with van der Waals surface area (Å²) >= 11 is 3.50. The van der Waals surface area contributed by atoms with E-state index < -0.39 is 0 Å². The van der Waals surface area contributed by atoms with Gasteiger partial charge in [-0.1, -0.05) is 34.1 Å². The molecule has 1 aromatic rings. The second-order valence-electron chi connectivity index (χ2n) is 2.76. The van der Waals surface area contributed by atoms with Gasteiger partial charge in [0.2, 0.25) is 0 Å². The Kier molecular flexibility index (Phi) is 1.89. The lowest BCUT2D eigenvalue weighted by molar-refractivity contribution is 0.0946. The predicted molar refractivity (Wildman–Crippen MR) is 50.4 cm³/mol. The zero-order valence-corrected chi connectivity index (χ0v) is 7.97. The van der Waals surface area contributed by atoms with E-state index in [0.29, 0.717) is 6.54 Å². The Hall–Kier alpha value is -0.830. The number of hydrogen-bond donors (Lipinski definition) is 1. The molecule has 1 aromatic carbocycles. The van der Waals surface area contributed by atoms with Crippen LogP contribution in [0.3, 0.4) is 0 Å². The first-order valence-corrected chi connectivity index (χ1v) is 4.72. The van der Waals surface area contributed by atoms with E-state index in [1.807, 2.05) is 24.3 Å². The Morgan fingerprint density at radius 2 is 2.17 bits per heavy atom. The number of carbonyl (C=O) groups is 1. The molecule has 12 heavy (non-hydrogen) atoms. The Labute approximate surface area is 79.1 Å². The Morgan fingerprint density at radius 1 is 1.42 bits per heavy atom. The number of benzene rings is 1. The van der Waals surface area contributed by atoms with E-state index in [4.69, 9.17) is 0 Å². The highest BCUT2D eigenvalue weighted by Crippen LogP contribution is 2.28. The van der Waals surface area contributed by atoms with Crippen molar-refractivity contribution in [2.45, 2.75) is 4.83 Å². The van der Waals surface area contributed by atoms with E-state index in [1.165, 1.54) is 0 Å². The second-order valence-corrected chi connectivity index (χ2v) is 3.87. The molecule has 0 fully saturated rings. The van der Waals surface area contributed by atoms with Gasteiger partial charge < -0.3 is 5.32 Å². The van der Waals surface area contributed by atoms with Crippen LogP contribution in [0.15, 0.2) is 24.3 Å². The van der Waals surface area contributed by atoms with Crippen molar-refractivity contribution in [3.63, 3.8) is 0 Å². The van der Waals surface area contributed by atoms with Gasteiger partial charge in [0.05, 0.1) is 4.83 Å². The first-order valence-electron chi connectivity index (χ1n) is 3.80. The SMILES string of the molecule is O=C1NC[C@@H](Br)c2ccccc21. The third kappa shape index (κ3) is 1.14. The summed E-state index contributed by atoms with van der Waals surface area (Å²) in [6.45, 7) is 0.676. The fourth-order valence-electron chi connectivity index (χ4n) is 1.36. The van der Waals surface area contributed by atoms with Gasteiger partial charge in [-0.05, 0) is 11.6 Å². The van der Waals surface area contributed by atoms with E-state index in [-0.39, 0.29) is 10.7 Å². The Balaban J connectivity index is 2.55. The van der Waals surface area contributed by atoms with Crippen molar-refractivity contribution < 1.29 is 4.79 Å². The lowest BCUT2D eigenvalue weighted by Gasteiger charge is -2.20. The molecule has 62 valence electrons. The predicted octanol–water partition coefficient (Wildman–Crippen LogP) is 1.87. The molecule has 1 aliphatic rings. The average molecular weight is 226 g/mol. The van der Waals surface area contributed by atoms with E-state index >= 15 is 0 Å². The van der Waals surface area contributed by atoms with Crippen molar-refractivity contribution in [2.75, 3.05) is 6.54 Å². The van der Waals surface area contributed by atoms with Crippen LogP contribution in [0.5, 0.6) is 0 Å². The van der Waals surface area contributed by atoms with Crippen molar-refractivity contribution in [1.29, 1.82) is 0 Å². The van der Waals surface area contributed by atoms with Gasteiger partial charge in [-0.2, -0.15) is 0 Å². The lowest BCUT2D eigenvalue weighted by atomic mass is 10.0. The van der Waals surface area contributed by atoms with E-state index in [0.717, 1.165) is 11.1 Å². The van der Waals surface area contributed by atoms with Gasteiger partial charge in [-0.25, -0.2) is 0 Å². The maximum absolute atomic E-state index is 11.3. The zero-order valence-electron chi connectivity index (χ0n) is 6.38. The fourth-order valence-corrected chi connectivity index (χ4v) is 1.93. The van der Waals surface area contributed by atoms with Crippen molar-refractivity contribution in [1.82, 2.24) is 5.32 Å². The Bertz CT molecular complexity index is 324. The van der Waals surface area contributed by atoms with Gasteiger partial charge in [-0.3, -0.25) is 4.79 Å². The molecule has 1 aliphatic heterocycles. The van der Waals surface area contributed by atoms with Crippen LogP contribution in [-0.2, 0) is 0 Å². The van der Waals surface area contributed by atoms with Crippen molar-refractivity contribution in [3.8, 4) is 0 Å². The van der Waals surface area contributed by atoms with Gasteiger partial charge in [0.25, 0.3) is 5.91 Å². The number of fused-ring (bicyclic) bond motifs is 1. The minimum Gasteiger partial charge on any atom is -0.351 e. The first-order chi connectivity index (χ1) is 5.79. The lowest BCUT2D eigenvalue weighted by Crippen LogP contribution is -2.32.